The number of pyridine rings is 2. The zero-order valence-electron chi connectivity index (χ0n) is 13.7. The molecule has 4 aromatic rings. The second-order valence-corrected chi connectivity index (χ2v) is 6.18. The van der Waals surface area contributed by atoms with Crippen molar-refractivity contribution < 1.29 is 17.1 Å². The molecule has 0 spiro atoms. The molecule has 0 unspecified atom stereocenters. The average Bonchev–Trinajstić information content (AvgIpc) is 3.30. The molecule has 0 aliphatic rings. The van der Waals surface area contributed by atoms with E-state index in [1.807, 2.05) is 6.07 Å². The highest BCUT2D eigenvalue weighted by Crippen LogP contribution is 2.34. The van der Waals surface area contributed by atoms with Crippen LogP contribution in [0.15, 0.2) is 48.9 Å². The maximum absolute atomic E-state index is 13.1. The van der Waals surface area contributed by atoms with Gasteiger partial charge in [-0.25, -0.2) is 9.97 Å². The lowest BCUT2D eigenvalue weighted by Gasteiger charge is -2.08. The van der Waals surface area contributed by atoms with Crippen LogP contribution in [0.5, 0.6) is 0 Å². The molecule has 4 aromatic heterocycles. The summed E-state index contributed by atoms with van der Waals surface area (Å²) in [5.74, 6) is 0. The first-order valence-corrected chi connectivity index (χ1v) is 8.39. The summed E-state index contributed by atoms with van der Waals surface area (Å²) in [5.41, 5.74) is 0.621. The van der Waals surface area contributed by atoms with Gasteiger partial charge >= 0.3 is 6.18 Å². The van der Waals surface area contributed by atoms with Crippen LogP contribution in [0.2, 0.25) is 0 Å². The van der Waals surface area contributed by atoms with E-state index in [4.69, 9.17) is 0 Å². The molecule has 0 radical (unpaired) electrons. The normalized spacial score (nSPS) is 11.7. The van der Waals surface area contributed by atoms with E-state index < -0.39 is 11.9 Å². The molecule has 0 saturated carbocycles. The Morgan fingerprint density at radius 2 is 1.93 bits per heavy atom. The molecule has 0 aliphatic heterocycles. The monoisotopic (exact) mass is 404 g/mol. The van der Waals surface area contributed by atoms with Crippen molar-refractivity contribution in [3.8, 4) is 28.6 Å². The molecule has 0 amide bonds. The second kappa shape index (κ2) is 6.65. The molecule has 6 nitrogen and oxygen atoms in total. The third kappa shape index (κ3) is 3.07. The van der Waals surface area contributed by atoms with Gasteiger partial charge in [0.2, 0.25) is 0 Å². The van der Waals surface area contributed by atoms with E-state index in [-0.39, 0.29) is 29.4 Å². The van der Waals surface area contributed by atoms with E-state index in [1.165, 1.54) is 28.9 Å². The standard InChI is InChI=1S/C17H8F4N6S/c18-17(19,20)14-3-1-2-13(24-14)16-12(9-27(25-16)28-21)10-4-5-15-23-7-11(6-22)26(15)8-10/h1-5,7-9H. The summed E-state index contributed by atoms with van der Waals surface area (Å²) >= 11 is -0.200. The van der Waals surface area contributed by atoms with Crippen LogP contribution in [-0.2, 0) is 6.18 Å². The highest BCUT2D eigenvalue weighted by molar-refractivity contribution is 7.92. The first kappa shape index (κ1) is 18.0. The van der Waals surface area contributed by atoms with Gasteiger partial charge in [0.25, 0.3) is 0 Å². The molecule has 0 aromatic carbocycles. The number of aromatic nitrogens is 5. The Labute approximate surface area is 159 Å². The first-order valence-electron chi connectivity index (χ1n) is 7.71. The van der Waals surface area contributed by atoms with Crippen LogP contribution in [0.1, 0.15) is 11.4 Å². The lowest BCUT2D eigenvalue weighted by molar-refractivity contribution is -0.141. The van der Waals surface area contributed by atoms with Crippen LogP contribution < -0.4 is 0 Å². The Balaban J connectivity index is 1.90. The molecular weight excluding hydrogens is 396 g/mol. The van der Waals surface area contributed by atoms with Gasteiger partial charge in [-0.05, 0) is 24.3 Å². The SMILES string of the molecule is N#Cc1cnc2ccc(-c3cn(SF)nc3-c3cccc(C(F)(F)F)n3)cn12. The van der Waals surface area contributed by atoms with Crippen molar-refractivity contribution in [2.75, 3.05) is 0 Å². The number of nitriles is 1. The molecule has 0 bridgehead atoms. The van der Waals surface area contributed by atoms with Crippen molar-refractivity contribution in [2.45, 2.75) is 6.18 Å². The van der Waals surface area contributed by atoms with Crippen molar-refractivity contribution in [2.24, 2.45) is 0 Å². The summed E-state index contributed by atoms with van der Waals surface area (Å²) in [6.45, 7) is 0. The van der Waals surface area contributed by atoms with E-state index in [1.54, 1.807) is 18.3 Å². The molecular formula is C17H8F4N6S. The Bertz CT molecular complexity index is 1220. The molecule has 4 rings (SSSR count). The van der Waals surface area contributed by atoms with Gasteiger partial charge in [0.1, 0.15) is 28.8 Å². The number of hydrogen-bond donors (Lipinski definition) is 0. The van der Waals surface area contributed by atoms with E-state index in [2.05, 4.69) is 15.1 Å². The highest BCUT2D eigenvalue weighted by Gasteiger charge is 2.33. The largest absolute Gasteiger partial charge is 0.433 e. The maximum atomic E-state index is 13.1. The molecule has 0 N–H and O–H groups in total. The maximum Gasteiger partial charge on any atom is 0.433 e. The van der Waals surface area contributed by atoms with Crippen LogP contribution in [0.4, 0.5) is 17.1 Å². The minimum Gasteiger partial charge on any atom is -0.291 e. The van der Waals surface area contributed by atoms with Gasteiger partial charge in [-0.1, -0.05) is 6.07 Å². The van der Waals surface area contributed by atoms with Gasteiger partial charge in [0, 0.05) is 23.5 Å². The van der Waals surface area contributed by atoms with Crippen molar-refractivity contribution in [3.63, 3.8) is 0 Å². The molecule has 0 atom stereocenters. The van der Waals surface area contributed by atoms with Crippen LogP contribution in [-0.4, -0.2) is 23.6 Å². The van der Waals surface area contributed by atoms with Gasteiger partial charge < -0.3 is 0 Å². The predicted octanol–water partition coefficient (Wildman–Crippen LogP) is 4.53. The fraction of sp³-hybridized carbons (Fsp3) is 0.0588. The Morgan fingerprint density at radius 1 is 1.11 bits per heavy atom. The summed E-state index contributed by atoms with van der Waals surface area (Å²) < 4.78 is 54.5. The van der Waals surface area contributed by atoms with Gasteiger partial charge in [0.05, 0.1) is 11.9 Å². The van der Waals surface area contributed by atoms with Gasteiger partial charge in [-0.3, -0.25) is 4.40 Å². The topological polar surface area (TPSA) is 71.8 Å². The van der Waals surface area contributed by atoms with Crippen LogP contribution in [0.3, 0.4) is 0 Å². The van der Waals surface area contributed by atoms with E-state index >= 15 is 0 Å². The van der Waals surface area contributed by atoms with Crippen LogP contribution in [0, 0.1) is 11.3 Å². The lowest BCUT2D eigenvalue weighted by atomic mass is 10.1. The first-order chi connectivity index (χ1) is 13.4. The Kier molecular flexibility index (Phi) is 4.27. The van der Waals surface area contributed by atoms with Crippen LogP contribution in [0.25, 0.3) is 28.2 Å². The number of imidazole rings is 1. The quantitative estimate of drug-likeness (QED) is 0.469. The molecule has 28 heavy (non-hydrogen) atoms. The molecule has 0 fully saturated rings. The molecule has 140 valence electrons. The smallest absolute Gasteiger partial charge is 0.291 e. The number of nitrogens with zero attached hydrogens (tertiary/aromatic N) is 6. The van der Waals surface area contributed by atoms with Crippen LogP contribution >= 0.6 is 12.3 Å². The second-order valence-electron chi connectivity index (χ2n) is 5.67. The zero-order valence-corrected chi connectivity index (χ0v) is 14.5. The fourth-order valence-corrected chi connectivity index (χ4v) is 2.99. The third-order valence-corrected chi connectivity index (χ3v) is 4.31. The number of fused-ring (bicyclic) bond motifs is 1. The van der Waals surface area contributed by atoms with Crippen molar-refractivity contribution in [1.82, 2.24) is 23.6 Å². The van der Waals surface area contributed by atoms with Crippen molar-refractivity contribution >= 4 is 18.0 Å². The molecule has 4 heterocycles. The van der Waals surface area contributed by atoms with Gasteiger partial charge in [0.15, 0.2) is 12.3 Å². The number of hydrogen-bond acceptors (Lipinski definition) is 5. The Hall–Kier alpha value is -3.39. The summed E-state index contributed by atoms with van der Waals surface area (Å²) in [6, 6.07) is 8.72. The summed E-state index contributed by atoms with van der Waals surface area (Å²) in [7, 11) is 0. The average molecular weight is 404 g/mol. The summed E-state index contributed by atoms with van der Waals surface area (Å²) in [6.07, 6.45) is -0.297. The lowest BCUT2D eigenvalue weighted by Crippen LogP contribution is -2.08. The summed E-state index contributed by atoms with van der Waals surface area (Å²) in [5, 5.41) is 13.2. The van der Waals surface area contributed by atoms with Crippen molar-refractivity contribution in [1.29, 1.82) is 5.26 Å². The van der Waals surface area contributed by atoms with Crippen molar-refractivity contribution in [3.05, 3.63) is 60.3 Å². The molecule has 0 aliphatic carbocycles. The fourth-order valence-electron chi connectivity index (χ4n) is 2.74. The Morgan fingerprint density at radius 3 is 2.64 bits per heavy atom. The van der Waals surface area contributed by atoms with E-state index in [0.717, 1.165) is 10.2 Å². The zero-order chi connectivity index (χ0) is 19.9. The third-order valence-electron chi connectivity index (χ3n) is 3.98. The minimum absolute atomic E-state index is 0.0520. The highest BCUT2D eigenvalue weighted by atomic mass is 32.2. The molecule has 0 saturated heterocycles. The number of alkyl halides is 3. The van der Waals surface area contributed by atoms with Gasteiger partial charge in [-0.15, -0.1) is 3.89 Å². The minimum atomic E-state index is -4.62. The molecule has 11 heteroatoms. The number of rotatable bonds is 3. The van der Waals surface area contributed by atoms with Gasteiger partial charge in [-0.2, -0.15) is 27.6 Å². The number of halogens is 4. The predicted molar refractivity (Wildman–Crippen MR) is 93.5 cm³/mol. The van der Waals surface area contributed by atoms with E-state index in [0.29, 0.717) is 16.8 Å². The summed E-state index contributed by atoms with van der Waals surface area (Å²) in [4.78, 5) is 7.71. The van der Waals surface area contributed by atoms with E-state index in [9.17, 15) is 22.3 Å².